The average Bonchev–Trinajstić information content (AvgIpc) is 3.24. The van der Waals surface area contributed by atoms with Crippen molar-refractivity contribution in [2.75, 3.05) is 57.5 Å². The minimum atomic E-state index is -0.191. The summed E-state index contributed by atoms with van der Waals surface area (Å²) in [6.07, 6.45) is 2.01. The molecular weight excluding hydrogens is 498 g/mol. The van der Waals surface area contributed by atoms with Crippen LogP contribution in [0.2, 0.25) is 0 Å². The molecule has 2 rings (SSSR count). The third-order valence-electron chi connectivity index (χ3n) is 5.02. The fourth-order valence-electron chi connectivity index (χ4n) is 3.33. The monoisotopic (exact) mass is 536 g/mol. The molecule has 1 atom stereocenters. The molecule has 30 heavy (non-hydrogen) atoms. The summed E-state index contributed by atoms with van der Waals surface area (Å²) in [6, 6.07) is 5.38. The van der Waals surface area contributed by atoms with Gasteiger partial charge in [0.2, 0.25) is 0 Å². The van der Waals surface area contributed by atoms with Crippen molar-refractivity contribution in [1.82, 2.24) is 10.6 Å². The first kappa shape index (κ1) is 26.9. The van der Waals surface area contributed by atoms with Gasteiger partial charge >= 0.3 is 0 Å². The predicted molar refractivity (Wildman–Crippen MR) is 133 cm³/mol. The maximum Gasteiger partial charge on any atom is 0.191 e. The molecule has 8 heteroatoms. The van der Waals surface area contributed by atoms with Crippen molar-refractivity contribution in [3.63, 3.8) is 0 Å². The van der Waals surface area contributed by atoms with Crippen molar-refractivity contribution < 1.29 is 13.9 Å². The van der Waals surface area contributed by atoms with Gasteiger partial charge in [-0.1, -0.05) is 6.07 Å². The minimum Gasteiger partial charge on any atom is -0.381 e. The molecule has 172 valence electrons. The Labute approximate surface area is 198 Å². The molecule has 1 saturated heterocycles. The van der Waals surface area contributed by atoms with Crippen LogP contribution < -0.4 is 15.5 Å². The number of nitrogens with one attached hydrogen (secondary N) is 2. The number of anilines is 1. The molecule has 0 bridgehead atoms. The smallest absolute Gasteiger partial charge is 0.191 e. The lowest BCUT2D eigenvalue weighted by molar-refractivity contribution is 0.0888. The maximum atomic E-state index is 14.4. The first-order valence-electron chi connectivity index (χ1n) is 10.9. The van der Waals surface area contributed by atoms with Crippen LogP contribution in [0, 0.1) is 11.7 Å². The van der Waals surface area contributed by atoms with Crippen molar-refractivity contribution in [3.05, 3.63) is 29.6 Å². The third-order valence-corrected chi connectivity index (χ3v) is 5.02. The van der Waals surface area contributed by atoms with E-state index in [1.165, 1.54) is 0 Å². The van der Waals surface area contributed by atoms with E-state index in [0.29, 0.717) is 18.2 Å². The number of hydrogen-bond donors (Lipinski definition) is 2. The van der Waals surface area contributed by atoms with Gasteiger partial charge in [0.05, 0.1) is 25.4 Å². The van der Waals surface area contributed by atoms with Gasteiger partial charge < -0.3 is 25.0 Å². The van der Waals surface area contributed by atoms with E-state index < -0.39 is 0 Å². The fraction of sp³-hybridized carbons (Fsp3) is 0.682. The SMILES string of the molecule is CCNC(=NCc1ccc(N(CC)CC)c(F)c1)NCCCOCC1CCOC1.I. The molecule has 2 N–H and O–H groups in total. The van der Waals surface area contributed by atoms with E-state index in [1.807, 2.05) is 37.8 Å². The number of benzene rings is 1. The molecule has 0 aromatic heterocycles. The number of halogens is 2. The van der Waals surface area contributed by atoms with Gasteiger partial charge in [-0.15, -0.1) is 24.0 Å². The summed E-state index contributed by atoms with van der Waals surface area (Å²) in [5, 5.41) is 6.54. The standard InChI is InChI=1S/C22H37FN4O2.HI/c1-4-24-22(25-11-7-12-28-16-19-10-13-29-17-19)26-15-18-8-9-21(20(23)14-18)27(5-2)6-3;/h8-9,14,19H,4-7,10-13,15-17H2,1-3H3,(H2,24,25,26);1H. The maximum absolute atomic E-state index is 14.4. The number of nitrogens with zero attached hydrogens (tertiary/aromatic N) is 2. The van der Waals surface area contributed by atoms with Gasteiger partial charge in [0.1, 0.15) is 5.82 Å². The van der Waals surface area contributed by atoms with E-state index in [9.17, 15) is 4.39 Å². The average molecular weight is 536 g/mol. The van der Waals surface area contributed by atoms with Crippen LogP contribution in [0.1, 0.15) is 39.2 Å². The van der Waals surface area contributed by atoms with Crippen molar-refractivity contribution in [2.24, 2.45) is 10.9 Å². The van der Waals surface area contributed by atoms with Gasteiger partial charge in [-0.2, -0.15) is 0 Å². The van der Waals surface area contributed by atoms with Crippen molar-refractivity contribution >= 4 is 35.6 Å². The summed E-state index contributed by atoms with van der Waals surface area (Å²) in [5.74, 6) is 1.10. The summed E-state index contributed by atoms with van der Waals surface area (Å²) in [5.41, 5.74) is 1.51. The largest absolute Gasteiger partial charge is 0.381 e. The highest BCUT2D eigenvalue weighted by Crippen LogP contribution is 2.20. The van der Waals surface area contributed by atoms with Gasteiger partial charge in [0.15, 0.2) is 5.96 Å². The zero-order chi connectivity index (χ0) is 20.9. The van der Waals surface area contributed by atoms with Crippen molar-refractivity contribution in [1.29, 1.82) is 0 Å². The highest BCUT2D eigenvalue weighted by molar-refractivity contribution is 14.0. The molecule has 6 nitrogen and oxygen atoms in total. The molecule has 0 saturated carbocycles. The Kier molecular flexibility index (Phi) is 14.0. The van der Waals surface area contributed by atoms with Gasteiger partial charge in [0.25, 0.3) is 0 Å². The number of hydrogen-bond acceptors (Lipinski definition) is 4. The molecular formula is C22H38FIN4O2. The van der Waals surface area contributed by atoms with Gasteiger partial charge in [-0.05, 0) is 51.3 Å². The van der Waals surface area contributed by atoms with Crippen LogP contribution in [0.4, 0.5) is 10.1 Å². The lowest BCUT2D eigenvalue weighted by Gasteiger charge is -2.21. The molecule has 0 spiro atoms. The summed E-state index contributed by atoms with van der Waals surface area (Å²) < 4.78 is 25.5. The Hall–Kier alpha value is -1.13. The number of aliphatic imine (C=N–C) groups is 1. The Bertz CT molecular complexity index is 623. The van der Waals surface area contributed by atoms with E-state index >= 15 is 0 Å². The van der Waals surface area contributed by atoms with E-state index in [4.69, 9.17) is 9.47 Å². The number of guanidine groups is 1. The van der Waals surface area contributed by atoms with Crippen LogP contribution in [-0.4, -0.2) is 58.6 Å². The summed E-state index contributed by atoms with van der Waals surface area (Å²) >= 11 is 0. The summed E-state index contributed by atoms with van der Waals surface area (Å²) in [7, 11) is 0. The molecule has 0 aliphatic carbocycles. The van der Waals surface area contributed by atoms with E-state index in [0.717, 1.165) is 77.0 Å². The lowest BCUT2D eigenvalue weighted by atomic mass is 10.1. The van der Waals surface area contributed by atoms with Crippen LogP contribution in [0.5, 0.6) is 0 Å². The quantitative estimate of drug-likeness (QED) is 0.184. The van der Waals surface area contributed by atoms with Gasteiger partial charge in [-0.3, -0.25) is 0 Å². The van der Waals surface area contributed by atoms with Crippen LogP contribution in [-0.2, 0) is 16.0 Å². The lowest BCUT2D eigenvalue weighted by Crippen LogP contribution is -2.38. The molecule has 1 aliphatic heterocycles. The fourth-order valence-corrected chi connectivity index (χ4v) is 3.33. The summed E-state index contributed by atoms with van der Waals surface area (Å²) in [4.78, 5) is 6.59. The first-order chi connectivity index (χ1) is 14.2. The topological polar surface area (TPSA) is 58.1 Å². The van der Waals surface area contributed by atoms with Crippen molar-refractivity contribution in [2.45, 2.75) is 40.2 Å². The van der Waals surface area contributed by atoms with Crippen LogP contribution >= 0.6 is 24.0 Å². The second-order valence-corrected chi connectivity index (χ2v) is 7.24. The van der Waals surface area contributed by atoms with E-state index in [2.05, 4.69) is 15.6 Å². The second-order valence-electron chi connectivity index (χ2n) is 7.24. The summed E-state index contributed by atoms with van der Waals surface area (Å²) in [6.45, 7) is 12.9. The molecule has 1 fully saturated rings. The zero-order valence-corrected chi connectivity index (χ0v) is 20.9. The Balaban J connectivity index is 0.00000450. The molecule has 0 radical (unpaired) electrons. The zero-order valence-electron chi connectivity index (χ0n) is 18.6. The predicted octanol–water partition coefficient (Wildman–Crippen LogP) is 3.79. The van der Waals surface area contributed by atoms with Gasteiger partial charge in [0, 0.05) is 45.3 Å². The third kappa shape index (κ3) is 9.34. The Morgan fingerprint density at radius 1 is 1.27 bits per heavy atom. The molecule has 1 aromatic rings. The normalized spacial score (nSPS) is 16.3. The number of ether oxygens (including phenoxy) is 2. The molecule has 0 amide bonds. The minimum absolute atomic E-state index is 0. The van der Waals surface area contributed by atoms with Crippen LogP contribution in [0.25, 0.3) is 0 Å². The Morgan fingerprint density at radius 3 is 2.70 bits per heavy atom. The molecule has 1 unspecified atom stereocenters. The highest BCUT2D eigenvalue weighted by Gasteiger charge is 2.15. The highest BCUT2D eigenvalue weighted by atomic mass is 127. The molecule has 1 aliphatic rings. The molecule has 1 aromatic carbocycles. The van der Waals surface area contributed by atoms with E-state index in [1.54, 1.807) is 6.07 Å². The van der Waals surface area contributed by atoms with Crippen molar-refractivity contribution in [3.8, 4) is 0 Å². The van der Waals surface area contributed by atoms with Crippen LogP contribution in [0.15, 0.2) is 23.2 Å². The van der Waals surface area contributed by atoms with Crippen LogP contribution in [0.3, 0.4) is 0 Å². The Morgan fingerprint density at radius 2 is 2.07 bits per heavy atom. The number of rotatable bonds is 12. The second kappa shape index (κ2) is 15.6. The van der Waals surface area contributed by atoms with Gasteiger partial charge in [-0.25, -0.2) is 9.38 Å². The molecule has 1 heterocycles. The van der Waals surface area contributed by atoms with E-state index in [-0.39, 0.29) is 29.8 Å². The first-order valence-corrected chi connectivity index (χ1v) is 10.9.